The van der Waals surface area contributed by atoms with Gasteiger partial charge in [-0.3, -0.25) is 0 Å². The Morgan fingerprint density at radius 2 is 2.06 bits per heavy atom. The molecule has 0 saturated heterocycles. The third-order valence-electron chi connectivity index (χ3n) is 2.21. The molecule has 1 heterocycles. The van der Waals surface area contributed by atoms with Crippen molar-refractivity contribution >= 4 is 5.82 Å². The summed E-state index contributed by atoms with van der Waals surface area (Å²) in [5, 5.41) is 3.39. The average molecular weight is 225 g/mol. The summed E-state index contributed by atoms with van der Waals surface area (Å²) >= 11 is 0. The molecule has 1 aromatic heterocycles. The highest BCUT2D eigenvalue weighted by atomic mass is 19.1. The molecule has 0 amide bonds. The van der Waals surface area contributed by atoms with Gasteiger partial charge < -0.3 is 10.2 Å². The van der Waals surface area contributed by atoms with Gasteiger partial charge >= 0.3 is 0 Å². The highest BCUT2D eigenvalue weighted by molar-refractivity contribution is 5.36. The van der Waals surface area contributed by atoms with Gasteiger partial charge in [0.15, 0.2) is 0 Å². The summed E-state index contributed by atoms with van der Waals surface area (Å²) in [5.74, 6) is 0.488. The number of pyridine rings is 1. The van der Waals surface area contributed by atoms with Gasteiger partial charge in [-0.25, -0.2) is 9.37 Å². The molecular formula is C12H20FN3. The van der Waals surface area contributed by atoms with Crippen molar-refractivity contribution in [2.45, 2.75) is 26.3 Å². The molecule has 0 aliphatic carbocycles. The van der Waals surface area contributed by atoms with Crippen molar-refractivity contribution in [3.63, 3.8) is 0 Å². The van der Waals surface area contributed by atoms with Crippen LogP contribution in [0.3, 0.4) is 0 Å². The molecule has 0 aromatic carbocycles. The van der Waals surface area contributed by atoms with Crippen LogP contribution in [0.5, 0.6) is 0 Å². The van der Waals surface area contributed by atoms with Crippen LogP contribution < -0.4 is 10.2 Å². The maximum Gasteiger partial charge on any atom is 0.141 e. The summed E-state index contributed by atoms with van der Waals surface area (Å²) in [4.78, 5) is 6.01. The summed E-state index contributed by atoms with van der Waals surface area (Å²) in [6, 6.07) is 3.11. The Labute approximate surface area is 96.7 Å². The van der Waals surface area contributed by atoms with Crippen molar-refractivity contribution < 1.29 is 4.39 Å². The van der Waals surface area contributed by atoms with Gasteiger partial charge in [0, 0.05) is 25.7 Å². The topological polar surface area (TPSA) is 28.2 Å². The van der Waals surface area contributed by atoms with Crippen LogP contribution in [0.1, 0.15) is 20.8 Å². The Morgan fingerprint density at radius 1 is 1.38 bits per heavy atom. The quantitative estimate of drug-likeness (QED) is 0.850. The minimum absolute atomic E-state index is 0.122. The molecule has 1 rings (SSSR count). The van der Waals surface area contributed by atoms with Crippen LogP contribution in [0.2, 0.25) is 0 Å². The van der Waals surface area contributed by atoms with Crippen molar-refractivity contribution in [2.24, 2.45) is 0 Å². The molecule has 0 unspecified atom stereocenters. The van der Waals surface area contributed by atoms with Crippen LogP contribution in [0.15, 0.2) is 18.3 Å². The number of nitrogens with zero attached hydrogens (tertiary/aromatic N) is 2. The third-order valence-corrected chi connectivity index (χ3v) is 2.21. The highest BCUT2D eigenvalue weighted by Gasteiger charge is 2.09. The van der Waals surface area contributed by atoms with Gasteiger partial charge in [-0.05, 0) is 32.9 Å². The molecule has 1 N–H and O–H groups in total. The molecule has 16 heavy (non-hydrogen) atoms. The van der Waals surface area contributed by atoms with Crippen molar-refractivity contribution in [1.29, 1.82) is 0 Å². The van der Waals surface area contributed by atoms with Crippen molar-refractivity contribution in [3.05, 3.63) is 24.1 Å². The molecule has 0 atom stereocenters. The van der Waals surface area contributed by atoms with Crippen molar-refractivity contribution in [1.82, 2.24) is 10.3 Å². The van der Waals surface area contributed by atoms with Crippen molar-refractivity contribution in [2.75, 3.05) is 25.0 Å². The van der Waals surface area contributed by atoms with Crippen LogP contribution >= 0.6 is 0 Å². The van der Waals surface area contributed by atoms with Crippen LogP contribution in [-0.4, -0.2) is 30.7 Å². The predicted octanol–water partition coefficient (Wildman–Crippen LogP) is 2.04. The molecule has 0 aliphatic heterocycles. The third kappa shape index (κ3) is 4.57. The molecule has 0 fully saturated rings. The first-order valence-electron chi connectivity index (χ1n) is 5.46. The lowest BCUT2D eigenvalue weighted by atomic mass is 10.1. The van der Waals surface area contributed by atoms with E-state index in [1.54, 1.807) is 6.07 Å². The maximum atomic E-state index is 12.7. The van der Waals surface area contributed by atoms with Crippen LogP contribution in [0.25, 0.3) is 0 Å². The molecule has 0 aliphatic rings. The molecule has 0 saturated carbocycles. The van der Waals surface area contributed by atoms with Gasteiger partial charge in [-0.2, -0.15) is 0 Å². The fourth-order valence-corrected chi connectivity index (χ4v) is 1.31. The normalized spacial score (nSPS) is 11.6. The molecule has 0 radical (unpaired) electrons. The van der Waals surface area contributed by atoms with E-state index < -0.39 is 0 Å². The Kier molecular flexibility index (Phi) is 4.24. The van der Waals surface area contributed by atoms with E-state index in [-0.39, 0.29) is 11.4 Å². The number of halogens is 1. The largest absolute Gasteiger partial charge is 0.358 e. The first-order valence-corrected chi connectivity index (χ1v) is 5.46. The Balaban J connectivity index is 2.41. The monoisotopic (exact) mass is 225 g/mol. The zero-order valence-electron chi connectivity index (χ0n) is 10.4. The Bertz CT molecular complexity index is 316. The first-order chi connectivity index (χ1) is 7.38. The lowest BCUT2D eigenvalue weighted by molar-refractivity contribution is 0.430. The minimum Gasteiger partial charge on any atom is -0.358 e. The summed E-state index contributed by atoms with van der Waals surface area (Å²) in [6.07, 6.45) is 1.24. The van der Waals surface area contributed by atoms with E-state index in [1.165, 1.54) is 12.3 Å². The standard InChI is InChI=1S/C12H20FN3/c1-12(2,3)15-7-8-16(4)11-6-5-10(13)9-14-11/h5-6,9,15H,7-8H2,1-4H3. The second-order valence-electron chi connectivity index (χ2n) is 4.93. The summed E-state index contributed by atoms with van der Waals surface area (Å²) in [5.41, 5.74) is 0.122. The number of likely N-dealkylation sites (N-methyl/N-ethyl adjacent to an activating group) is 1. The summed E-state index contributed by atoms with van der Waals surface area (Å²) in [6.45, 7) is 8.10. The first kappa shape index (κ1) is 12.9. The number of hydrogen-bond donors (Lipinski definition) is 1. The lowest BCUT2D eigenvalue weighted by Crippen LogP contribution is -2.40. The van der Waals surface area contributed by atoms with E-state index >= 15 is 0 Å². The average Bonchev–Trinajstić information content (AvgIpc) is 2.16. The molecule has 90 valence electrons. The van der Waals surface area contributed by atoms with E-state index in [0.717, 1.165) is 18.9 Å². The number of aromatic nitrogens is 1. The van der Waals surface area contributed by atoms with Gasteiger partial charge in [0.2, 0.25) is 0 Å². The zero-order valence-corrected chi connectivity index (χ0v) is 10.4. The number of anilines is 1. The van der Waals surface area contributed by atoms with Crippen molar-refractivity contribution in [3.8, 4) is 0 Å². The fourth-order valence-electron chi connectivity index (χ4n) is 1.31. The number of hydrogen-bond acceptors (Lipinski definition) is 3. The summed E-state index contributed by atoms with van der Waals surface area (Å²) < 4.78 is 12.7. The molecule has 0 bridgehead atoms. The number of rotatable bonds is 4. The van der Waals surface area contributed by atoms with Crippen LogP contribution in [0.4, 0.5) is 10.2 Å². The maximum absolute atomic E-state index is 12.7. The second kappa shape index (κ2) is 5.25. The van der Waals surface area contributed by atoms with E-state index in [0.29, 0.717) is 0 Å². The second-order valence-corrected chi connectivity index (χ2v) is 4.93. The Hall–Kier alpha value is -1.16. The number of nitrogens with one attached hydrogen (secondary N) is 1. The summed E-state index contributed by atoms with van der Waals surface area (Å²) in [7, 11) is 1.95. The SMILES string of the molecule is CN(CCNC(C)(C)C)c1ccc(F)cn1. The van der Waals surface area contributed by atoms with Gasteiger partial charge in [0.25, 0.3) is 0 Å². The van der Waals surface area contributed by atoms with Crippen LogP contribution in [-0.2, 0) is 0 Å². The zero-order chi connectivity index (χ0) is 12.2. The van der Waals surface area contributed by atoms with E-state index in [1.807, 2.05) is 11.9 Å². The van der Waals surface area contributed by atoms with Crippen LogP contribution in [0, 0.1) is 5.82 Å². The predicted molar refractivity (Wildman–Crippen MR) is 65.2 cm³/mol. The minimum atomic E-state index is -0.301. The fraction of sp³-hybridized carbons (Fsp3) is 0.583. The van der Waals surface area contributed by atoms with Gasteiger partial charge in [-0.15, -0.1) is 0 Å². The smallest absolute Gasteiger partial charge is 0.141 e. The van der Waals surface area contributed by atoms with Gasteiger partial charge in [0.1, 0.15) is 11.6 Å². The molecular weight excluding hydrogens is 205 g/mol. The van der Waals surface area contributed by atoms with E-state index in [4.69, 9.17) is 0 Å². The van der Waals surface area contributed by atoms with E-state index in [2.05, 4.69) is 31.1 Å². The van der Waals surface area contributed by atoms with Gasteiger partial charge in [-0.1, -0.05) is 0 Å². The Morgan fingerprint density at radius 3 is 2.56 bits per heavy atom. The molecule has 3 nitrogen and oxygen atoms in total. The van der Waals surface area contributed by atoms with Gasteiger partial charge in [0.05, 0.1) is 6.20 Å². The lowest BCUT2D eigenvalue weighted by Gasteiger charge is -2.24. The molecule has 1 aromatic rings. The highest BCUT2D eigenvalue weighted by Crippen LogP contribution is 2.08. The van der Waals surface area contributed by atoms with E-state index in [9.17, 15) is 4.39 Å². The molecule has 0 spiro atoms. The molecule has 4 heteroatoms.